The van der Waals surface area contributed by atoms with Crippen LogP contribution in [0, 0.1) is 21.8 Å². The molecule has 0 atom stereocenters. The number of hydrogen-bond acceptors (Lipinski definition) is 4. The van der Waals surface area contributed by atoms with Crippen molar-refractivity contribution in [3.8, 4) is 0 Å². The number of aliphatic hydroxyl groups is 1. The molecule has 18 heavy (non-hydrogen) atoms. The second kappa shape index (κ2) is 5.30. The highest BCUT2D eigenvalue weighted by molar-refractivity contribution is 5.63. The van der Waals surface area contributed by atoms with Crippen molar-refractivity contribution in [1.82, 2.24) is 0 Å². The minimum absolute atomic E-state index is 0.152. The number of halogens is 1. The van der Waals surface area contributed by atoms with Crippen molar-refractivity contribution in [2.45, 2.75) is 12.8 Å². The Morgan fingerprint density at radius 3 is 2.67 bits per heavy atom. The third-order valence-corrected chi connectivity index (χ3v) is 3.35. The third-order valence-electron chi connectivity index (χ3n) is 3.35. The molecule has 1 aliphatic heterocycles. The van der Waals surface area contributed by atoms with Crippen LogP contribution in [0.15, 0.2) is 18.2 Å². The average molecular weight is 254 g/mol. The van der Waals surface area contributed by atoms with E-state index in [2.05, 4.69) is 0 Å². The van der Waals surface area contributed by atoms with E-state index in [1.165, 1.54) is 12.1 Å². The lowest BCUT2D eigenvalue weighted by atomic mass is 9.97. The number of rotatable bonds is 3. The molecule has 1 N–H and O–H groups in total. The summed E-state index contributed by atoms with van der Waals surface area (Å²) in [6.07, 6.45) is 1.59. The quantitative estimate of drug-likeness (QED) is 0.661. The summed E-state index contributed by atoms with van der Waals surface area (Å²) in [6.45, 7) is 1.45. The van der Waals surface area contributed by atoms with E-state index in [1.54, 1.807) is 0 Å². The van der Waals surface area contributed by atoms with Gasteiger partial charge < -0.3 is 10.0 Å². The summed E-state index contributed by atoms with van der Waals surface area (Å²) in [5, 5.41) is 20.0. The van der Waals surface area contributed by atoms with Gasteiger partial charge in [0.25, 0.3) is 5.69 Å². The van der Waals surface area contributed by atoms with E-state index in [9.17, 15) is 14.5 Å². The summed E-state index contributed by atoms with van der Waals surface area (Å²) in [7, 11) is 0. The molecule has 0 amide bonds. The van der Waals surface area contributed by atoms with Gasteiger partial charge in [0.15, 0.2) is 0 Å². The van der Waals surface area contributed by atoms with Crippen molar-refractivity contribution in [1.29, 1.82) is 0 Å². The van der Waals surface area contributed by atoms with Crippen LogP contribution >= 0.6 is 0 Å². The van der Waals surface area contributed by atoms with E-state index in [0.29, 0.717) is 18.8 Å². The van der Waals surface area contributed by atoms with E-state index in [0.717, 1.165) is 18.9 Å². The molecule has 0 radical (unpaired) electrons. The van der Waals surface area contributed by atoms with Gasteiger partial charge in [-0.1, -0.05) is 0 Å². The van der Waals surface area contributed by atoms with Gasteiger partial charge in [0.1, 0.15) is 11.5 Å². The Hall–Kier alpha value is -1.69. The van der Waals surface area contributed by atoms with Gasteiger partial charge in [-0.2, -0.15) is 0 Å². The number of nitro groups is 1. The largest absolute Gasteiger partial charge is 0.396 e. The van der Waals surface area contributed by atoms with Crippen LogP contribution in [0.2, 0.25) is 0 Å². The predicted octanol–water partition coefficient (Wildman–Crippen LogP) is 1.94. The highest BCUT2D eigenvalue weighted by Crippen LogP contribution is 2.31. The summed E-state index contributed by atoms with van der Waals surface area (Å²) in [4.78, 5) is 12.2. The molecule has 1 fully saturated rings. The van der Waals surface area contributed by atoms with Gasteiger partial charge in [-0.3, -0.25) is 10.1 Å². The van der Waals surface area contributed by atoms with Crippen LogP contribution in [0.1, 0.15) is 12.8 Å². The fourth-order valence-corrected chi connectivity index (χ4v) is 2.27. The summed E-state index contributed by atoms with van der Waals surface area (Å²) < 4.78 is 13.0. The van der Waals surface area contributed by atoms with Crippen molar-refractivity contribution < 1.29 is 14.4 Å². The second-order valence-electron chi connectivity index (χ2n) is 4.50. The molecule has 5 nitrogen and oxygen atoms in total. The Labute approximate surface area is 104 Å². The molecule has 0 bridgehead atoms. The highest BCUT2D eigenvalue weighted by atomic mass is 19.1. The Morgan fingerprint density at radius 1 is 1.44 bits per heavy atom. The molecule has 1 heterocycles. The fraction of sp³-hybridized carbons (Fsp3) is 0.500. The van der Waals surface area contributed by atoms with Crippen molar-refractivity contribution in [3.63, 3.8) is 0 Å². The van der Waals surface area contributed by atoms with Gasteiger partial charge in [0, 0.05) is 19.7 Å². The Balaban J connectivity index is 2.21. The zero-order valence-electron chi connectivity index (χ0n) is 9.88. The van der Waals surface area contributed by atoms with Gasteiger partial charge >= 0.3 is 0 Å². The maximum Gasteiger partial charge on any atom is 0.295 e. The number of hydrogen-bond donors (Lipinski definition) is 1. The molecular weight excluding hydrogens is 239 g/mol. The van der Waals surface area contributed by atoms with Crippen LogP contribution in [0.25, 0.3) is 0 Å². The molecule has 1 saturated heterocycles. The van der Waals surface area contributed by atoms with Crippen molar-refractivity contribution in [2.75, 3.05) is 24.6 Å². The lowest BCUT2D eigenvalue weighted by Crippen LogP contribution is -2.35. The van der Waals surface area contributed by atoms with E-state index < -0.39 is 10.7 Å². The molecule has 98 valence electrons. The van der Waals surface area contributed by atoms with Crippen LogP contribution in [-0.4, -0.2) is 29.7 Å². The summed E-state index contributed by atoms with van der Waals surface area (Å²) in [5.41, 5.74) is 0.259. The molecule has 6 heteroatoms. The monoisotopic (exact) mass is 254 g/mol. The van der Waals surface area contributed by atoms with Gasteiger partial charge in [-0.05, 0) is 30.9 Å². The minimum atomic E-state index is -0.601. The Morgan fingerprint density at radius 2 is 2.11 bits per heavy atom. The van der Waals surface area contributed by atoms with Gasteiger partial charge in [0.2, 0.25) is 0 Å². The van der Waals surface area contributed by atoms with Crippen molar-refractivity contribution in [3.05, 3.63) is 34.1 Å². The maximum atomic E-state index is 13.0. The maximum absolute atomic E-state index is 13.0. The van der Waals surface area contributed by atoms with Crippen LogP contribution in [-0.2, 0) is 0 Å². The minimum Gasteiger partial charge on any atom is -0.396 e. The molecule has 0 saturated carbocycles. The van der Waals surface area contributed by atoms with Crippen LogP contribution in [0.5, 0.6) is 0 Å². The van der Waals surface area contributed by atoms with E-state index >= 15 is 0 Å². The standard InChI is InChI=1S/C12H15FN2O3/c13-10-1-2-11(12(7-10)15(17)18)14-5-3-9(8-16)4-6-14/h1-2,7,9,16H,3-6,8H2. The van der Waals surface area contributed by atoms with E-state index in [4.69, 9.17) is 5.11 Å². The lowest BCUT2D eigenvalue weighted by Gasteiger charge is -2.32. The predicted molar refractivity (Wildman–Crippen MR) is 65.1 cm³/mol. The first-order valence-electron chi connectivity index (χ1n) is 5.91. The first kappa shape index (κ1) is 12.8. The fourth-order valence-electron chi connectivity index (χ4n) is 2.27. The van der Waals surface area contributed by atoms with E-state index in [1.807, 2.05) is 4.90 Å². The molecule has 1 aliphatic rings. The smallest absolute Gasteiger partial charge is 0.295 e. The van der Waals surface area contributed by atoms with Crippen LogP contribution in [0.4, 0.5) is 15.8 Å². The molecule has 0 aliphatic carbocycles. The summed E-state index contributed by atoms with van der Waals surface area (Å²) >= 11 is 0. The number of anilines is 1. The van der Waals surface area contributed by atoms with Crippen molar-refractivity contribution in [2.24, 2.45) is 5.92 Å². The molecule has 2 rings (SSSR count). The topological polar surface area (TPSA) is 66.6 Å². The second-order valence-corrected chi connectivity index (χ2v) is 4.50. The number of piperidine rings is 1. The van der Waals surface area contributed by atoms with Gasteiger partial charge in [0.05, 0.1) is 11.0 Å². The molecular formula is C12H15FN2O3. The molecule has 0 aromatic heterocycles. The first-order valence-corrected chi connectivity index (χ1v) is 5.91. The summed E-state index contributed by atoms with van der Waals surface area (Å²) in [6, 6.07) is 3.64. The summed E-state index contributed by atoms with van der Waals surface area (Å²) in [5.74, 6) is -0.337. The average Bonchev–Trinajstić information content (AvgIpc) is 2.39. The normalized spacial score (nSPS) is 16.9. The number of nitrogens with zero attached hydrogens (tertiary/aromatic N) is 2. The van der Waals surface area contributed by atoms with E-state index in [-0.39, 0.29) is 18.2 Å². The van der Waals surface area contributed by atoms with Gasteiger partial charge in [-0.25, -0.2) is 4.39 Å². The Kier molecular flexibility index (Phi) is 3.76. The number of aliphatic hydroxyl groups excluding tert-OH is 1. The molecule has 1 aromatic rings. The third kappa shape index (κ3) is 2.59. The SMILES string of the molecule is O=[N+]([O-])c1cc(F)ccc1N1CCC(CO)CC1. The van der Waals surface area contributed by atoms with Gasteiger partial charge in [-0.15, -0.1) is 0 Å². The van der Waals surface area contributed by atoms with Crippen molar-refractivity contribution >= 4 is 11.4 Å². The Bertz CT molecular complexity index is 445. The molecule has 1 aromatic carbocycles. The van der Waals surface area contributed by atoms with Crippen LogP contribution < -0.4 is 4.90 Å². The zero-order valence-corrected chi connectivity index (χ0v) is 9.88. The lowest BCUT2D eigenvalue weighted by molar-refractivity contribution is -0.384. The molecule has 0 unspecified atom stereocenters. The van der Waals surface area contributed by atoms with Crippen LogP contribution in [0.3, 0.4) is 0 Å². The zero-order chi connectivity index (χ0) is 13.1. The first-order chi connectivity index (χ1) is 8.61. The number of benzene rings is 1. The number of nitro benzene ring substituents is 1. The highest BCUT2D eigenvalue weighted by Gasteiger charge is 2.24. The molecule has 0 spiro atoms.